The number of carboxylic acids is 1. The summed E-state index contributed by atoms with van der Waals surface area (Å²) in [5, 5.41) is 9.53. The summed E-state index contributed by atoms with van der Waals surface area (Å²) < 4.78 is 0. The highest BCUT2D eigenvalue weighted by Crippen LogP contribution is 2.48. The van der Waals surface area contributed by atoms with Gasteiger partial charge in [-0.2, -0.15) is 0 Å². The second-order valence-corrected chi connectivity index (χ2v) is 6.99. The van der Waals surface area contributed by atoms with E-state index >= 15 is 0 Å². The number of allylic oxidation sites excluding steroid dienone is 2. The van der Waals surface area contributed by atoms with E-state index in [1.54, 1.807) is 0 Å². The SMILES string of the molecule is O=C(O)[C@@H]1[C@@H](C(=O)N2CCN(c3ccccc3)CC2)[C@@H]2C=C[C@H]1C2. The molecular formula is C19H22N2O3. The third kappa shape index (κ3) is 2.48. The smallest absolute Gasteiger partial charge is 0.307 e. The lowest BCUT2D eigenvalue weighted by Gasteiger charge is -2.38. The van der Waals surface area contributed by atoms with E-state index in [1.165, 1.54) is 5.69 Å². The minimum atomic E-state index is -0.826. The van der Waals surface area contributed by atoms with Gasteiger partial charge in [-0.05, 0) is 30.4 Å². The fraction of sp³-hybridized carbons (Fsp3) is 0.474. The number of fused-ring (bicyclic) bond motifs is 2. The number of hydrogen-bond donors (Lipinski definition) is 1. The van der Waals surface area contributed by atoms with Crippen LogP contribution in [-0.4, -0.2) is 48.1 Å². The molecule has 1 aliphatic heterocycles. The summed E-state index contributed by atoms with van der Waals surface area (Å²) >= 11 is 0. The molecule has 5 heteroatoms. The number of rotatable bonds is 3. The van der Waals surface area contributed by atoms with E-state index in [0.717, 1.165) is 19.5 Å². The highest BCUT2D eigenvalue weighted by Gasteiger charge is 2.52. The van der Waals surface area contributed by atoms with Crippen molar-refractivity contribution < 1.29 is 14.7 Å². The number of nitrogens with zero attached hydrogens (tertiary/aromatic N) is 2. The molecular weight excluding hydrogens is 304 g/mol. The first-order valence-electron chi connectivity index (χ1n) is 8.65. The van der Waals surface area contributed by atoms with Crippen molar-refractivity contribution in [2.75, 3.05) is 31.1 Å². The maximum Gasteiger partial charge on any atom is 0.307 e. The van der Waals surface area contributed by atoms with Crippen molar-refractivity contribution in [3.05, 3.63) is 42.5 Å². The Kier molecular flexibility index (Phi) is 3.79. The van der Waals surface area contributed by atoms with E-state index in [-0.39, 0.29) is 23.7 Å². The second-order valence-electron chi connectivity index (χ2n) is 6.99. The zero-order chi connectivity index (χ0) is 16.7. The molecule has 0 spiro atoms. The number of carboxylic acid groups (broad SMARTS) is 1. The van der Waals surface area contributed by atoms with E-state index < -0.39 is 11.9 Å². The van der Waals surface area contributed by atoms with Gasteiger partial charge in [-0.3, -0.25) is 9.59 Å². The Morgan fingerprint density at radius 3 is 2.17 bits per heavy atom. The van der Waals surface area contributed by atoms with Crippen LogP contribution in [0.5, 0.6) is 0 Å². The maximum absolute atomic E-state index is 13.0. The van der Waals surface area contributed by atoms with Gasteiger partial charge in [0.1, 0.15) is 0 Å². The number of hydrogen-bond acceptors (Lipinski definition) is 3. The molecule has 0 aromatic heterocycles. The van der Waals surface area contributed by atoms with E-state index in [2.05, 4.69) is 17.0 Å². The number of piperazine rings is 1. The van der Waals surface area contributed by atoms with Gasteiger partial charge < -0.3 is 14.9 Å². The molecule has 1 heterocycles. The molecule has 1 aromatic rings. The first-order valence-corrected chi connectivity index (χ1v) is 8.65. The number of carbonyl (C=O) groups is 2. The highest BCUT2D eigenvalue weighted by atomic mass is 16.4. The monoisotopic (exact) mass is 326 g/mol. The maximum atomic E-state index is 13.0. The highest BCUT2D eigenvalue weighted by molar-refractivity contribution is 5.87. The summed E-state index contributed by atoms with van der Waals surface area (Å²) in [5.74, 6) is -1.57. The van der Waals surface area contributed by atoms with Crippen LogP contribution < -0.4 is 4.90 Å². The van der Waals surface area contributed by atoms with Gasteiger partial charge in [0.25, 0.3) is 0 Å². The van der Waals surface area contributed by atoms with Crippen LogP contribution in [0.25, 0.3) is 0 Å². The molecule has 24 heavy (non-hydrogen) atoms. The van der Waals surface area contributed by atoms with Crippen molar-refractivity contribution in [2.24, 2.45) is 23.7 Å². The average Bonchev–Trinajstić information content (AvgIpc) is 3.23. The lowest BCUT2D eigenvalue weighted by molar-refractivity contribution is -0.151. The van der Waals surface area contributed by atoms with Gasteiger partial charge in [0, 0.05) is 31.9 Å². The summed E-state index contributed by atoms with van der Waals surface area (Å²) in [5.41, 5.74) is 1.18. The minimum absolute atomic E-state index is 0.0342. The van der Waals surface area contributed by atoms with Crippen LogP contribution in [0.15, 0.2) is 42.5 Å². The number of para-hydroxylation sites is 1. The van der Waals surface area contributed by atoms with Crippen LogP contribution in [0.1, 0.15) is 6.42 Å². The largest absolute Gasteiger partial charge is 0.481 e. The molecule has 1 amide bonds. The number of carbonyl (C=O) groups excluding carboxylic acids is 1. The quantitative estimate of drug-likeness (QED) is 0.861. The molecule has 1 aromatic carbocycles. The first kappa shape index (κ1) is 15.2. The van der Waals surface area contributed by atoms with Crippen LogP contribution in [-0.2, 0) is 9.59 Å². The van der Waals surface area contributed by atoms with Crippen LogP contribution >= 0.6 is 0 Å². The lowest BCUT2D eigenvalue weighted by Crippen LogP contribution is -2.52. The number of amides is 1. The molecule has 2 aliphatic carbocycles. The fourth-order valence-electron chi connectivity index (χ4n) is 4.53. The molecule has 2 fully saturated rings. The molecule has 1 saturated carbocycles. The number of aliphatic carboxylic acids is 1. The minimum Gasteiger partial charge on any atom is -0.481 e. The van der Waals surface area contributed by atoms with Crippen molar-refractivity contribution in [1.82, 2.24) is 4.90 Å². The van der Waals surface area contributed by atoms with Crippen molar-refractivity contribution in [3.8, 4) is 0 Å². The molecule has 4 rings (SSSR count). The summed E-state index contributed by atoms with van der Waals surface area (Å²) in [6, 6.07) is 10.2. The lowest BCUT2D eigenvalue weighted by atomic mass is 9.82. The van der Waals surface area contributed by atoms with Crippen LogP contribution in [0.4, 0.5) is 5.69 Å². The summed E-state index contributed by atoms with van der Waals surface area (Å²) in [7, 11) is 0. The van der Waals surface area contributed by atoms with Gasteiger partial charge in [0.15, 0.2) is 0 Å². The van der Waals surface area contributed by atoms with E-state index in [1.807, 2.05) is 35.3 Å². The summed E-state index contributed by atoms with van der Waals surface area (Å²) in [4.78, 5) is 28.7. The molecule has 126 valence electrons. The van der Waals surface area contributed by atoms with Gasteiger partial charge in [-0.15, -0.1) is 0 Å². The van der Waals surface area contributed by atoms with Gasteiger partial charge in [0.05, 0.1) is 11.8 Å². The van der Waals surface area contributed by atoms with Gasteiger partial charge in [-0.25, -0.2) is 0 Å². The van der Waals surface area contributed by atoms with Crippen molar-refractivity contribution in [3.63, 3.8) is 0 Å². The van der Waals surface area contributed by atoms with Crippen LogP contribution in [0, 0.1) is 23.7 Å². The Morgan fingerprint density at radius 1 is 0.917 bits per heavy atom. The predicted molar refractivity (Wildman–Crippen MR) is 90.6 cm³/mol. The molecule has 3 aliphatic rings. The molecule has 1 N–H and O–H groups in total. The Labute approximate surface area is 141 Å². The van der Waals surface area contributed by atoms with Crippen LogP contribution in [0.2, 0.25) is 0 Å². The summed E-state index contributed by atoms with van der Waals surface area (Å²) in [6.07, 6.45) is 4.85. The topological polar surface area (TPSA) is 60.9 Å². The number of anilines is 1. The zero-order valence-corrected chi connectivity index (χ0v) is 13.5. The number of benzene rings is 1. The van der Waals surface area contributed by atoms with Gasteiger partial charge >= 0.3 is 5.97 Å². The molecule has 0 unspecified atom stereocenters. The molecule has 2 bridgehead atoms. The fourth-order valence-corrected chi connectivity index (χ4v) is 4.53. The molecule has 4 atom stereocenters. The van der Waals surface area contributed by atoms with Crippen molar-refractivity contribution >= 4 is 17.6 Å². The average molecular weight is 326 g/mol. The van der Waals surface area contributed by atoms with E-state index in [9.17, 15) is 14.7 Å². The molecule has 1 saturated heterocycles. The third-order valence-corrected chi connectivity index (χ3v) is 5.74. The normalized spacial score (nSPS) is 31.5. The van der Waals surface area contributed by atoms with Crippen molar-refractivity contribution in [2.45, 2.75) is 6.42 Å². The molecule has 5 nitrogen and oxygen atoms in total. The van der Waals surface area contributed by atoms with Gasteiger partial charge in [-0.1, -0.05) is 30.4 Å². The summed E-state index contributed by atoms with van der Waals surface area (Å²) in [6.45, 7) is 2.92. The first-order chi connectivity index (χ1) is 11.6. The third-order valence-electron chi connectivity index (χ3n) is 5.74. The zero-order valence-electron chi connectivity index (χ0n) is 13.5. The Bertz CT molecular complexity index is 664. The van der Waals surface area contributed by atoms with E-state index in [4.69, 9.17) is 0 Å². The Morgan fingerprint density at radius 2 is 1.54 bits per heavy atom. The van der Waals surface area contributed by atoms with Crippen LogP contribution in [0.3, 0.4) is 0 Å². The second kappa shape index (κ2) is 5.96. The Hall–Kier alpha value is -2.30. The van der Waals surface area contributed by atoms with Gasteiger partial charge in [0.2, 0.25) is 5.91 Å². The Balaban J connectivity index is 1.43. The molecule has 0 radical (unpaired) electrons. The predicted octanol–water partition coefficient (Wildman–Crippen LogP) is 1.86. The van der Waals surface area contributed by atoms with E-state index in [0.29, 0.717) is 13.1 Å². The van der Waals surface area contributed by atoms with Crippen molar-refractivity contribution in [1.29, 1.82) is 0 Å². The standard InChI is InChI=1S/C19H22N2O3/c22-18(16-13-6-7-14(12-13)17(16)19(23)24)21-10-8-20(9-11-21)15-4-2-1-3-5-15/h1-7,13-14,16-17H,8-12H2,(H,23,24)/t13-,14+,16+,17+/m1/s1.